The molecule has 1 heterocycles. The number of hydrogen-bond donors (Lipinski definition) is 5. The summed E-state index contributed by atoms with van der Waals surface area (Å²) in [4.78, 5) is 54.5. The number of ether oxygens (including phenoxy) is 1. The summed E-state index contributed by atoms with van der Waals surface area (Å²) in [6.45, 7) is 3.38. The molecule has 0 saturated heterocycles. The van der Waals surface area contributed by atoms with E-state index in [-0.39, 0.29) is 34.1 Å². The first-order valence-electron chi connectivity index (χ1n) is 14.7. The van der Waals surface area contributed by atoms with Gasteiger partial charge in [-0.05, 0) is 81.3 Å². The second-order valence-electron chi connectivity index (χ2n) is 10.7. The number of aromatic nitrogens is 2. The number of nitrogens with one attached hydrogen (secondary N) is 4. The van der Waals surface area contributed by atoms with E-state index >= 15 is 0 Å². The summed E-state index contributed by atoms with van der Waals surface area (Å²) in [6.07, 6.45) is 1.93. The minimum absolute atomic E-state index is 0.0632. The predicted molar refractivity (Wildman–Crippen MR) is 179 cm³/mol. The third-order valence-corrected chi connectivity index (χ3v) is 9.50. The number of benzene rings is 3. The van der Waals surface area contributed by atoms with Crippen molar-refractivity contribution in [2.45, 2.75) is 42.5 Å². The Hall–Kier alpha value is -5.88. The highest BCUT2D eigenvalue weighted by Gasteiger charge is 2.26. The van der Waals surface area contributed by atoms with Crippen LogP contribution in [0.3, 0.4) is 0 Å². The lowest BCUT2D eigenvalue weighted by Gasteiger charge is -2.10. The molecule has 1 saturated carbocycles. The van der Waals surface area contributed by atoms with E-state index in [1.54, 1.807) is 42.8 Å². The fraction of sp³-hybridized carbons (Fsp3) is 0.188. The van der Waals surface area contributed by atoms with Crippen LogP contribution in [0, 0.1) is 13.8 Å². The number of carbonyl (C=O) groups excluding carboxylic acids is 3. The van der Waals surface area contributed by atoms with Crippen molar-refractivity contribution in [3.05, 3.63) is 107 Å². The number of carboxylic acids is 1. The number of aryl methyl sites for hydroxylation is 2. The van der Waals surface area contributed by atoms with Gasteiger partial charge in [0.1, 0.15) is 10.6 Å². The molecule has 5 rings (SSSR count). The molecule has 16 nitrogen and oxygen atoms in total. The van der Waals surface area contributed by atoms with E-state index in [4.69, 9.17) is 9.84 Å². The van der Waals surface area contributed by atoms with Gasteiger partial charge in [-0.15, -0.1) is 0 Å². The Morgan fingerprint density at radius 2 is 1.34 bits per heavy atom. The molecule has 0 radical (unpaired) electrons. The van der Waals surface area contributed by atoms with Gasteiger partial charge in [0.25, 0.3) is 31.9 Å². The average Bonchev–Trinajstić information content (AvgIpc) is 3.88. The first-order chi connectivity index (χ1) is 23.6. The zero-order chi connectivity index (χ0) is 36.6. The third-order valence-electron chi connectivity index (χ3n) is 6.76. The Bertz CT molecular complexity index is 2130. The summed E-state index contributed by atoms with van der Waals surface area (Å²) in [7, 11) is -7.05. The van der Waals surface area contributed by atoms with Crippen LogP contribution in [-0.2, 0) is 20.0 Å². The number of nitrogens with zero attached hydrogens (tertiary/aromatic N) is 2. The third kappa shape index (κ3) is 9.83. The predicted octanol–water partition coefficient (Wildman–Crippen LogP) is 3.01. The van der Waals surface area contributed by atoms with Crippen molar-refractivity contribution < 1.29 is 45.9 Å². The lowest BCUT2D eigenvalue weighted by atomic mass is 10.2. The maximum Gasteiger partial charge on any atom is 0.337 e. The molecule has 262 valence electrons. The number of aromatic carboxylic acids is 1. The Balaban J connectivity index is 0.000000226. The lowest BCUT2D eigenvalue weighted by molar-refractivity contribution is 0.0692. The Morgan fingerprint density at radius 3 is 1.92 bits per heavy atom. The van der Waals surface area contributed by atoms with Gasteiger partial charge in [0, 0.05) is 23.0 Å². The van der Waals surface area contributed by atoms with Crippen molar-refractivity contribution in [3.63, 3.8) is 0 Å². The first-order valence-corrected chi connectivity index (χ1v) is 17.7. The number of amides is 4. The van der Waals surface area contributed by atoms with Gasteiger partial charge in [-0.1, -0.05) is 24.3 Å². The van der Waals surface area contributed by atoms with Crippen molar-refractivity contribution in [1.82, 2.24) is 24.7 Å². The second-order valence-corrected chi connectivity index (χ2v) is 14.1. The number of carbonyl (C=O) groups is 4. The quantitative estimate of drug-likeness (QED) is 0.159. The van der Waals surface area contributed by atoms with Gasteiger partial charge in [-0.3, -0.25) is 14.9 Å². The number of hydrogen-bond acceptors (Lipinski definition) is 11. The largest absolute Gasteiger partial charge is 0.496 e. The monoisotopic (exact) mass is 724 g/mol. The summed E-state index contributed by atoms with van der Waals surface area (Å²) in [5.74, 6) is -2.25. The summed E-state index contributed by atoms with van der Waals surface area (Å²) in [5, 5.41) is 14.1. The van der Waals surface area contributed by atoms with Crippen LogP contribution in [0.1, 0.15) is 55.3 Å². The number of sulfonamides is 2. The van der Waals surface area contributed by atoms with Gasteiger partial charge in [-0.25, -0.2) is 45.8 Å². The van der Waals surface area contributed by atoms with Crippen LogP contribution in [-0.4, -0.2) is 68.9 Å². The molecule has 18 heteroatoms. The minimum Gasteiger partial charge on any atom is -0.496 e. The molecule has 1 fully saturated rings. The van der Waals surface area contributed by atoms with Gasteiger partial charge in [0.15, 0.2) is 0 Å². The van der Waals surface area contributed by atoms with Crippen LogP contribution in [0.4, 0.5) is 10.7 Å². The molecule has 4 amide bonds. The number of anilines is 1. The smallest absolute Gasteiger partial charge is 0.337 e. The van der Waals surface area contributed by atoms with Crippen molar-refractivity contribution >= 4 is 49.8 Å². The molecule has 50 heavy (non-hydrogen) atoms. The number of urea groups is 1. The molecule has 1 aliphatic carbocycles. The Kier molecular flexibility index (Phi) is 11.5. The van der Waals surface area contributed by atoms with Gasteiger partial charge in [0.2, 0.25) is 5.95 Å². The average molecular weight is 725 g/mol. The van der Waals surface area contributed by atoms with E-state index in [2.05, 4.69) is 20.6 Å². The van der Waals surface area contributed by atoms with Crippen molar-refractivity contribution in [2.75, 3.05) is 12.4 Å². The molecule has 0 unspecified atom stereocenters. The molecule has 0 spiro atoms. The van der Waals surface area contributed by atoms with Crippen LogP contribution in [0.25, 0.3) is 0 Å². The normalized spacial score (nSPS) is 12.4. The van der Waals surface area contributed by atoms with Crippen LogP contribution in [0.15, 0.2) is 88.7 Å². The maximum atomic E-state index is 12.4. The van der Waals surface area contributed by atoms with Crippen LogP contribution >= 0.6 is 0 Å². The van der Waals surface area contributed by atoms with Gasteiger partial charge in [-0.2, -0.15) is 0 Å². The van der Waals surface area contributed by atoms with E-state index < -0.39 is 48.4 Å². The number of methoxy groups -OCH3 is 1. The highest BCUT2D eigenvalue weighted by Crippen LogP contribution is 2.21. The molecule has 3 aromatic carbocycles. The molecule has 1 aliphatic rings. The van der Waals surface area contributed by atoms with E-state index in [1.807, 2.05) is 4.72 Å². The maximum absolute atomic E-state index is 12.4. The lowest BCUT2D eigenvalue weighted by Crippen LogP contribution is -2.35. The van der Waals surface area contributed by atoms with Crippen molar-refractivity contribution in [3.8, 4) is 5.75 Å². The fourth-order valence-electron chi connectivity index (χ4n) is 4.31. The first kappa shape index (κ1) is 36.9. The molecular weight excluding hydrogens is 693 g/mol. The Morgan fingerprint density at radius 1 is 0.760 bits per heavy atom. The highest BCUT2D eigenvalue weighted by atomic mass is 32.2. The summed E-state index contributed by atoms with van der Waals surface area (Å²) < 4.78 is 58.1. The SMILES string of the molecule is COc1ccccc1C(=O)NS(=O)(=O)c1ccc(C(=O)NC2CC2)cc1.Cc1cc(C)nc(NC(=O)NS(=O)(=O)c2ccccc2C(=O)O)n1. The molecular formula is C32H32N6O10S2. The van der Waals surface area contributed by atoms with Crippen LogP contribution in [0.2, 0.25) is 0 Å². The highest BCUT2D eigenvalue weighted by molar-refractivity contribution is 7.90. The Labute approximate surface area is 287 Å². The number of carboxylic acid groups (broad SMARTS) is 1. The van der Waals surface area contributed by atoms with Crippen molar-refractivity contribution in [1.29, 1.82) is 0 Å². The zero-order valence-electron chi connectivity index (χ0n) is 26.8. The molecule has 0 bridgehead atoms. The fourth-order valence-corrected chi connectivity index (χ4v) is 6.39. The van der Waals surface area contributed by atoms with E-state index in [0.29, 0.717) is 17.0 Å². The van der Waals surface area contributed by atoms with Gasteiger partial charge in [0.05, 0.1) is 23.1 Å². The van der Waals surface area contributed by atoms with Crippen LogP contribution < -0.4 is 24.8 Å². The molecule has 0 atom stereocenters. The van der Waals surface area contributed by atoms with Crippen LogP contribution in [0.5, 0.6) is 5.75 Å². The summed E-state index contributed by atoms with van der Waals surface area (Å²) >= 11 is 0. The van der Waals surface area contributed by atoms with Gasteiger partial charge >= 0.3 is 12.0 Å². The minimum atomic E-state index is -4.37. The van der Waals surface area contributed by atoms with E-state index in [1.165, 1.54) is 49.6 Å². The molecule has 4 aromatic rings. The summed E-state index contributed by atoms with van der Waals surface area (Å²) in [5.41, 5.74) is 1.22. The summed E-state index contributed by atoms with van der Waals surface area (Å²) in [6, 6.07) is 17.5. The number of rotatable bonds is 10. The standard InChI is InChI=1S/C18H18N2O5S.C14H14N4O5S/c1-25-16-5-3-2-4-15(16)18(22)20-26(23,24)14-10-6-12(7-11-14)17(21)19-13-8-9-13;1-8-7-9(2)16-13(15-8)17-14(21)18-24(22,23)11-6-4-3-5-10(11)12(19)20/h2-7,10-11,13H,8-9H2,1H3,(H,19,21)(H,20,22);3-7H,1-2H3,(H,19,20)(H2,15,16,17,18,21). The number of para-hydroxylation sites is 1. The van der Waals surface area contributed by atoms with Gasteiger partial charge < -0.3 is 15.2 Å². The van der Waals surface area contributed by atoms with E-state index in [9.17, 15) is 36.0 Å². The zero-order valence-corrected chi connectivity index (χ0v) is 28.5. The topological polar surface area (TPSA) is 240 Å². The molecule has 5 N–H and O–H groups in total. The second kappa shape index (κ2) is 15.6. The van der Waals surface area contributed by atoms with Crippen molar-refractivity contribution in [2.24, 2.45) is 0 Å². The van der Waals surface area contributed by atoms with E-state index in [0.717, 1.165) is 25.0 Å². The molecule has 1 aromatic heterocycles. The molecule has 0 aliphatic heterocycles.